The second-order valence-corrected chi connectivity index (χ2v) is 7.77. The predicted octanol–water partition coefficient (Wildman–Crippen LogP) is 3.24. The van der Waals surface area contributed by atoms with E-state index in [2.05, 4.69) is 0 Å². The zero-order valence-corrected chi connectivity index (χ0v) is 15.1. The van der Waals surface area contributed by atoms with Gasteiger partial charge in [-0.25, -0.2) is 17.2 Å². The van der Waals surface area contributed by atoms with Gasteiger partial charge in [0.05, 0.1) is 10.4 Å². The molecule has 1 heterocycles. The minimum absolute atomic E-state index is 0.0137. The van der Waals surface area contributed by atoms with Crippen LogP contribution in [0.15, 0.2) is 71.5 Å². The Morgan fingerprint density at radius 3 is 2.33 bits per heavy atom. The third-order valence-electron chi connectivity index (χ3n) is 3.78. The summed E-state index contributed by atoms with van der Waals surface area (Å²) < 4.78 is 26.8. The summed E-state index contributed by atoms with van der Waals surface area (Å²) >= 11 is 5.96. The lowest BCUT2D eigenvalue weighted by molar-refractivity contribution is -0.135. The molecule has 3 aromatic rings. The number of carbonyl (C=O) groups is 2. The third-order valence-corrected chi connectivity index (χ3v) is 5.71. The van der Waals surface area contributed by atoms with Gasteiger partial charge in [-0.05, 0) is 30.3 Å². The first-order valence-corrected chi connectivity index (χ1v) is 9.33. The molecule has 1 aromatic heterocycles. The molecule has 0 aliphatic rings. The highest BCUT2D eigenvalue weighted by atomic mass is 35.5. The highest BCUT2D eigenvalue weighted by molar-refractivity contribution is 7.90. The van der Waals surface area contributed by atoms with Crippen molar-refractivity contribution in [2.75, 3.05) is 0 Å². The number of rotatable bonds is 5. The van der Waals surface area contributed by atoms with E-state index in [1.807, 2.05) is 0 Å². The summed E-state index contributed by atoms with van der Waals surface area (Å²) in [5, 5.41) is 18.5. The van der Waals surface area contributed by atoms with E-state index < -0.39 is 27.5 Å². The summed E-state index contributed by atoms with van der Waals surface area (Å²) in [6.45, 7) is 0. The number of aromatic nitrogens is 1. The molecule has 0 aliphatic carbocycles. The number of carboxylic acids is 1. The molecule has 2 aromatic carbocycles. The van der Waals surface area contributed by atoms with E-state index >= 15 is 0 Å². The number of carboxylic acid groups (broad SMARTS) is 1. The van der Waals surface area contributed by atoms with Crippen molar-refractivity contribution >= 4 is 44.3 Å². The van der Waals surface area contributed by atoms with Crippen LogP contribution in [-0.2, 0) is 14.8 Å². The van der Waals surface area contributed by atoms with Crippen LogP contribution in [0.25, 0.3) is 10.9 Å². The quantitative estimate of drug-likeness (QED) is 0.382. The lowest BCUT2D eigenvalue weighted by atomic mass is 10.1. The second-order valence-electron chi connectivity index (χ2n) is 5.52. The van der Waals surface area contributed by atoms with Crippen molar-refractivity contribution in [3.05, 3.63) is 77.1 Å². The van der Waals surface area contributed by atoms with Crippen LogP contribution in [0.5, 0.6) is 0 Å². The second kappa shape index (κ2) is 6.90. The van der Waals surface area contributed by atoms with Gasteiger partial charge in [0.25, 0.3) is 10.0 Å². The molecular formula is C18H12ClNO6S. The molecule has 0 spiro atoms. The molecule has 0 atom stereocenters. The Balaban J connectivity index is 2.27. The fourth-order valence-electron chi connectivity index (χ4n) is 2.54. The number of benzene rings is 2. The van der Waals surface area contributed by atoms with Gasteiger partial charge in [0.2, 0.25) is 5.76 Å². The molecule has 0 amide bonds. The largest absolute Gasteiger partial charge is 0.502 e. The van der Waals surface area contributed by atoms with Crippen molar-refractivity contribution in [3.63, 3.8) is 0 Å². The van der Waals surface area contributed by atoms with Gasteiger partial charge in [-0.15, -0.1) is 0 Å². The number of aliphatic hydroxyl groups is 1. The number of halogens is 1. The maximum atomic E-state index is 13.0. The van der Waals surface area contributed by atoms with Crippen molar-refractivity contribution in [1.82, 2.24) is 3.97 Å². The molecule has 3 rings (SSSR count). The molecule has 138 valence electrons. The minimum atomic E-state index is -4.01. The maximum Gasteiger partial charge on any atom is 0.371 e. The van der Waals surface area contributed by atoms with Crippen LogP contribution in [0, 0.1) is 0 Å². The van der Waals surface area contributed by atoms with Crippen LogP contribution in [0.2, 0.25) is 5.02 Å². The third kappa shape index (κ3) is 3.44. The first-order valence-electron chi connectivity index (χ1n) is 7.51. The van der Waals surface area contributed by atoms with Gasteiger partial charge in [-0.2, -0.15) is 0 Å². The van der Waals surface area contributed by atoms with Crippen LogP contribution >= 0.6 is 11.6 Å². The SMILES string of the molecule is O=C(O)/C(O)=C/C(=O)c1cn(S(=O)(=O)c2ccccc2)c2ccc(Cl)cc12. The van der Waals surface area contributed by atoms with Crippen LogP contribution < -0.4 is 0 Å². The molecule has 0 aliphatic heterocycles. The number of hydrogen-bond acceptors (Lipinski definition) is 5. The van der Waals surface area contributed by atoms with Crippen molar-refractivity contribution in [3.8, 4) is 0 Å². The van der Waals surface area contributed by atoms with Crippen LogP contribution in [0.3, 0.4) is 0 Å². The number of aliphatic carboxylic acids is 1. The number of nitrogens with zero attached hydrogens (tertiary/aromatic N) is 1. The lowest BCUT2D eigenvalue weighted by Crippen LogP contribution is -2.11. The molecule has 7 nitrogen and oxygen atoms in total. The molecule has 27 heavy (non-hydrogen) atoms. The van der Waals surface area contributed by atoms with E-state index in [1.54, 1.807) is 18.2 Å². The molecule has 0 radical (unpaired) electrons. The topological polar surface area (TPSA) is 114 Å². The average Bonchev–Trinajstić information content (AvgIpc) is 3.01. The van der Waals surface area contributed by atoms with Gasteiger partial charge in [-0.3, -0.25) is 4.79 Å². The summed E-state index contributed by atoms with van der Waals surface area (Å²) in [6, 6.07) is 11.9. The van der Waals surface area contributed by atoms with Gasteiger partial charge in [-0.1, -0.05) is 29.8 Å². The molecule has 0 saturated heterocycles. The summed E-state index contributed by atoms with van der Waals surface area (Å²) in [5.74, 6) is -3.71. The van der Waals surface area contributed by atoms with Gasteiger partial charge in [0.15, 0.2) is 5.78 Å². The van der Waals surface area contributed by atoms with Gasteiger partial charge in [0.1, 0.15) is 0 Å². The van der Waals surface area contributed by atoms with E-state index in [1.165, 1.54) is 30.3 Å². The normalized spacial score (nSPS) is 12.3. The standard InChI is InChI=1S/C18H12ClNO6S/c19-11-6-7-15-13(8-11)14(16(21)9-17(22)18(23)24)10-20(15)27(25,26)12-4-2-1-3-5-12/h1-10,22H,(H,23,24)/b17-9-. The number of allylic oxidation sites excluding steroid dienone is 1. The average molecular weight is 406 g/mol. The predicted molar refractivity (Wildman–Crippen MR) is 98.7 cm³/mol. The Labute approximate surface area is 158 Å². The fourth-order valence-corrected chi connectivity index (χ4v) is 4.10. The summed E-state index contributed by atoms with van der Waals surface area (Å²) in [5.41, 5.74) is 0.0784. The van der Waals surface area contributed by atoms with Crippen molar-refractivity contribution < 1.29 is 28.2 Å². The molecule has 0 unspecified atom stereocenters. The Morgan fingerprint density at radius 2 is 1.70 bits per heavy atom. The maximum absolute atomic E-state index is 13.0. The van der Waals surface area contributed by atoms with Gasteiger partial charge < -0.3 is 10.2 Å². The van der Waals surface area contributed by atoms with Crippen LogP contribution in [0.4, 0.5) is 0 Å². The monoisotopic (exact) mass is 405 g/mol. The van der Waals surface area contributed by atoms with E-state index in [0.717, 1.165) is 10.2 Å². The lowest BCUT2D eigenvalue weighted by Gasteiger charge is -2.07. The highest BCUT2D eigenvalue weighted by Gasteiger charge is 2.23. The Kier molecular flexibility index (Phi) is 4.77. The molecular weight excluding hydrogens is 394 g/mol. The summed E-state index contributed by atoms with van der Waals surface area (Å²) in [4.78, 5) is 23.2. The molecule has 0 fully saturated rings. The molecule has 9 heteroatoms. The summed E-state index contributed by atoms with van der Waals surface area (Å²) in [7, 11) is -4.01. The number of hydrogen-bond donors (Lipinski definition) is 2. The smallest absolute Gasteiger partial charge is 0.371 e. The van der Waals surface area contributed by atoms with Crippen molar-refractivity contribution in [2.45, 2.75) is 4.90 Å². The van der Waals surface area contributed by atoms with Crippen molar-refractivity contribution in [2.24, 2.45) is 0 Å². The van der Waals surface area contributed by atoms with Crippen LogP contribution in [0.1, 0.15) is 10.4 Å². The van der Waals surface area contributed by atoms with Crippen molar-refractivity contribution in [1.29, 1.82) is 0 Å². The molecule has 0 bridgehead atoms. The number of aliphatic hydroxyl groups excluding tert-OH is 1. The first kappa shape index (κ1) is 18.7. The fraction of sp³-hybridized carbons (Fsp3) is 0. The Bertz CT molecular complexity index is 1200. The van der Waals surface area contributed by atoms with Gasteiger partial charge >= 0.3 is 5.97 Å². The minimum Gasteiger partial charge on any atom is -0.502 e. The first-order chi connectivity index (χ1) is 12.7. The van der Waals surface area contributed by atoms with E-state index in [9.17, 15) is 23.1 Å². The number of fused-ring (bicyclic) bond motifs is 1. The zero-order chi connectivity index (χ0) is 19.8. The van der Waals surface area contributed by atoms with E-state index in [0.29, 0.717) is 6.08 Å². The van der Waals surface area contributed by atoms with Crippen LogP contribution in [-0.4, -0.2) is 34.4 Å². The molecule has 2 N–H and O–H groups in total. The zero-order valence-electron chi connectivity index (χ0n) is 13.5. The number of ketones is 1. The number of carbonyl (C=O) groups excluding carboxylic acids is 1. The van der Waals surface area contributed by atoms with E-state index in [4.69, 9.17) is 16.7 Å². The molecule has 0 saturated carbocycles. The van der Waals surface area contributed by atoms with Gasteiger partial charge in [0, 0.05) is 28.2 Å². The summed E-state index contributed by atoms with van der Waals surface area (Å²) in [6.07, 6.45) is 1.59. The Hall–Kier alpha value is -3.10. The highest BCUT2D eigenvalue weighted by Crippen LogP contribution is 2.29. The van der Waals surface area contributed by atoms with E-state index in [-0.39, 0.29) is 26.4 Å². The Morgan fingerprint density at radius 1 is 1.04 bits per heavy atom.